The van der Waals surface area contributed by atoms with Crippen LogP contribution in [0.5, 0.6) is 5.88 Å². The number of anilines is 1. The van der Waals surface area contributed by atoms with Crippen LogP contribution < -0.4 is 10.1 Å². The highest BCUT2D eigenvalue weighted by Crippen LogP contribution is 2.36. The van der Waals surface area contributed by atoms with Crippen molar-refractivity contribution in [1.29, 1.82) is 0 Å². The van der Waals surface area contributed by atoms with Gasteiger partial charge in [-0.05, 0) is 62.2 Å². The van der Waals surface area contributed by atoms with E-state index in [9.17, 15) is 22.8 Å². The SMILES string of the molecule is CCCC[C@@H](COc1ccc(-c2ccc(C(F)(F)F)cc2Cl)c(C)n1)Nc1ccc(C(=O)CCCC(=O)O)cc1. The number of benzene rings is 2. The van der Waals surface area contributed by atoms with E-state index < -0.39 is 17.7 Å². The molecular formula is C30H32ClF3N2O4. The number of aromatic nitrogens is 1. The van der Waals surface area contributed by atoms with E-state index in [1.807, 2.05) is 12.1 Å². The predicted molar refractivity (Wildman–Crippen MR) is 149 cm³/mol. The number of carboxylic acid groups (broad SMARTS) is 1. The molecule has 10 heteroatoms. The Kier molecular flexibility index (Phi) is 11.0. The molecular weight excluding hydrogens is 545 g/mol. The highest BCUT2D eigenvalue weighted by molar-refractivity contribution is 6.33. The first kappa shape index (κ1) is 30.9. The molecule has 0 aliphatic rings. The molecule has 214 valence electrons. The fourth-order valence-corrected chi connectivity index (χ4v) is 4.46. The van der Waals surface area contributed by atoms with Crippen molar-refractivity contribution in [3.05, 3.63) is 76.4 Å². The molecule has 2 N–H and O–H groups in total. The van der Waals surface area contributed by atoms with Gasteiger partial charge in [0.25, 0.3) is 0 Å². The summed E-state index contributed by atoms with van der Waals surface area (Å²) in [5, 5.41) is 12.2. The van der Waals surface area contributed by atoms with Gasteiger partial charge in [0.05, 0.1) is 11.6 Å². The second-order valence-corrected chi connectivity index (χ2v) is 9.92. The Morgan fingerprint density at radius 3 is 2.33 bits per heavy atom. The van der Waals surface area contributed by atoms with Crippen LogP contribution in [0.25, 0.3) is 11.1 Å². The second-order valence-electron chi connectivity index (χ2n) is 9.52. The quantitative estimate of drug-likeness (QED) is 0.188. The summed E-state index contributed by atoms with van der Waals surface area (Å²) in [6.07, 6.45) is -1.22. The standard InChI is InChI=1S/C30H32ClF3N2O4/c1-3-4-6-23(36-22-12-9-20(10-13-22)27(37)7-5-8-29(38)39)18-40-28-16-15-24(19(2)35-28)25-14-11-21(17-26(25)31)30(32,33)34/h9-17,23,36H,3-8,18H2,1-2H3,(H,38,39)/t23-/m0/s1. The number of nitrogens with one attached hydrogen (secondary N) is 1. The average molecular weight is 577 g/mol. The van der Waals surface area contributed by atoms with Crippen molar-refractivity contribution in [3.8, 4) is 17.0 Å². The van der Waals surface area contributed by atoms with E-state index >= 15 is 0 Å². The third kappa shape index (κ3) is 8.98. The molecule has 0 bridgehead atoms. The van der Waals surface area contributed by atoms with Crippen LogP contribution in [0.4, 0.5) is 18.9 Å². The molecule has 0 unspecified atom stereocenters. The lowest BCUT2D eigenvalue weighted by Gasteiger charge is -2.20. The molecule has 3 aromatic rings. The lowest BCUT2D eigenvalue weighted by Crippen LogP contribution is -2.27. The van der Waals surface area contributed by atoms with Crippen LogP contribution >= 0.6 is 11.6 Å². The van der Waals surface area contributed by atoms with E-state index in [1.165, 1.54) is 6.07 Å². The largest absolute Gasteiger partial charge is 0.481 e. The molecule has 2 aromatic carbocycles. The van der Waals surface area contributed by atoms with Gasteiger partial charge in [0.15, 0.2) is 5.78 Å². The lowest BCUT2D eigenvalue weighted by molar-refractivity contribution is -0.138. The molecule has 40 heavy (non-hydrogen) atoms. The van der Waals surface area contributed by atoms with E-state index in [4.69, 9.17) is 21.4 Å². The van der Waals surface area contributed by atoms with Gasteiger partial charge >= 0.3 is 12.1 Å². The Labute approximate surface area is 236 Å². The number of ketones is 1. The summed E-state index contributed by atoms with van der Waals surface area (Å²) in [5.41, 5.74) is 2.19. The minimum Gasteiger partial charge on any atom is -0.481 e. The smallest absolute Gasteiger partial charge is 0.416 e. The van der Waals surface area contributed by atoms with Gasteiger partial charge in [-0.1, -0.05) is 37.4 Å². The first-order chi connectivity index (χ1) is 19.0. The number of hydrogen-bond acceptors (Lipinski definition) is 5. The van der Waals surface area contributed by atoms with Crippen LogP contribution in [-0.4, -0.2) is 34.5 Å². The molecule has 0 aliphatic carbocycles. The normalized spacial score (nSPS) is 12.2. The molecule has 0 saturated heterocycles. The van der Waals surface area contributed by atoms with Crippen molar-refractivity contribution >= 4 is 29.0 Å². The maximum atomic E-state index is 13.0. The molecule has 1 aromatic heterocycles. The summed E-state index contributed by atoms with van der Waals surface area (Å²) in [6.45, 7) is 4.16. The van der Waals surface area contributed by atoms with Crippen LogP contribution in [0, 0.1) is 6.92 Å². The zero-order valence-corrected chi connectivity index (χ0v) is 23.1. The number of alkyl halides is 3. The molecule has 3 rings (SSSR count). The van der Waals surface area contributed by atoms with Crippen molar-refractivity contribution in [2.45, 2.75) is 64.6 Å². The minimum atomic E-state index is -4.47. The summed E-state index contributed by atoms with van der Waals surface area (Å²) in [7, 11) is 0. The van der Waals surface area contributed by atoms with Crippen molar-refractivity contribution in [3.63, 3.8) is 0 Å². The van der Waals surface area contributed by atoms with Gasteiger partial charge in [0.1, 0.15) is 6.61 Å². The fraction of sp³-hybridized carbons (Fsp3) is 0.367. The van der Waals surface area contributed by atoms with Gasteiger partial charge in [0, 0.05) is 52.0 Å². The van der Waals surface area contributed by atoms with Crippen LogP contribution in [-0.2, 0) is 11.0 Å². The Morgan fingerprint density at radius 2 is 1.73 bits per heavy atom. The predicted octanol–water partition coefficient (Wildman–Crippen LogP) is 8.22. The van der Waals surface area contributed by atoms with E-state index in [0.717, 1.165) is 37.1 Å². The second kappa shape index (κ2) is 14.2. The molecule has 0 spiro atoms. The van der Waals surface area contributed by atoms with E-state index in [0.29, 0.717) is 41.3 Å². The number of nitrogens with zero attached hydrogens (tertiary/aromatic N) is 1. The van der Waals surface area contributed by atoms with Crippen LogP contribution in [0.3, 0.4) is 0 Å². The van der Waals surface area contributed by atoms with E-state index in [-0.39, 0.29) is 29.7 Å². The van der Waals surface area contributed by atoms with Gasteiger partial charge in [0.2, 0.25) is 5.88 Å². The number of carbonyl (C=O) groups excluding carboxylic acids is 1. The van der Waals surface area contributed by atoms with Gasteiger partial charge < -0.3 is 15.2 Å². The molecule has 0 radical (unpaired) electrons. The lowest BCUT2D eigenvalue weighted by atomic mass is 10.0. The van der Waals surface area contributed by atoms with Crippen molar-refractivity contribution in [2.24, 2.45) is 0 Å². The maximum absolute atomic E-state index is 13.0. The number of Topliss-reactive ketones (excluding diaryl/α,β-unsaturated/α-hetero) is 1. The van der Waals surface area contributed by atoms with Crippen molar-refractivity contribution < 1.29 is 32.6 Å². The molecule has 0 aliphatic heterocycles. The first-order valence-electron chi connectivity index (χ1n) is 13.1. The molecule has 6 nitrogen and oxygen atoms in total. The Morgan fingerprint density at radius 1 is 1.02 bits per heavy atom. The van der Waals surface area contributed by atoms with Gasteiger partial charge in [-0.2, -0.15) is 13.2 Å². The Balaban J connectivity index is 1.64. The number of halogens is 4. The minimum absolute atomic E-state index is 0.00907. The van der Waals surface area contributed by atoms with E-state index in [1.54, 1.807) is 31.2 Å². The fourth-order valence-electron chi connectivity index (χ4n) is 4.18. The number of rotatable bonds is 14. The molecule has 1 heterocycles. The summed E-state index contributed by atoms with van der Waals surface area (Å²) >= 11 is 6.16. The monoisotopic (exact) mass is 576 g/mol. The van der Waals surface area contributed by atoms with Crippen molar-refractivity contribution in [2.75, 3.05) is 11.9 Å². The Bertz CT molecular complexity index is 1310. The highest BCUT2D eigenvalue weighted by Gasteiger charge is 2.31. The number of carbonyl (C=O) groups is 2. The topological polar surface area (TPSA) is 88.5 Å². The summed E-state index contributed by atoms with van der Waals surface area (Å²) < 4.78 is 44.9. The summed E-state index contributed by atoms with van der Waals surface area (Å²) in [4.78, 5) is 27.4. The number of pyridine rings is 1. The zero-order chi connectivity index (χ0) is 29.3. The molecule has 0 saturated carbocycles. The molecule has 0 amide bonds. The zero-order valence-electron chi connectivity index (χ0n) is 22.4. The average Bonchev–Trinajstić information content (AvgIpc) is 2.90. The van der Waals surface area contributed by atoms with Gasteiger partial charge in [-0.15, -0.1) is 0 Å². The molecule has 0 fully saturated rings. The number of carboxylic acids is 1. The van der Waals surface area contributed by atoms with Crippen molar-refractivity contribution in [1.82, 2.24) is 4.98 Å². The summed E-state index contributed by atoms with van der Waals surface area (Å²) in [6, 6.07) is 13.7. The summed E-state index contributed by atoms with van der Waals surface area (Å²) in [5.74, 6) is -0.631. The number of unbranched alkanes of at least 4 members (excludes halogenated alkanes) is 1. The van der Waals surface area contributed by atoms with Gasteiger partial charge in [-0.3, -0.25) is 9.59 Å². The maximum Gasteiger partial charge on any atom is 0.416 e. The third-order valence-corrected chi connectivity index (χ3v) is 6.67. The van der Waals surface area contributed by atoms with Crippen LogP contribution in [0.15, 0.2) is 54.6 Å². The van der Waals surface area contributed by atoms with E-state index in [2.05, 4.69) is 17.2 Å². The highest BCUT2D eigenvalue weighted by atomic mass is 35.5. The van der Waals surface area contributed by atoms with Crippen LogP contribution in [0.2, 0.25) is 5.02 Å². The number of aliphatic carboxylic acids is 1. The molecule has 1 atom stereocenters. The van der Waals surface area contributed by atoms with Crippen LogP contribution in [0.1, 0.15) is 67.1 Å². The first-order valence-corrected chi connectivity index (χ1v) is 13.4. The Hall–Kier alpha value is -3.59. The van der Waals surface area contributed by atoms with Gasteiger partial charge in [-0.25, -0.2) is 4.98 Å². The third-order valence-electron chi connectivity index (χ3n) is 6.36. The number of hydrogen-bond donors (Lipinski definition) is 2. The number of ether oxygens (including phenoxy) is 1. The number of aryl methyl sites for hydroxylation is 1.